The van der Waals surface area contributed by atoms with Crippen LogP contribution in [0.2, 0.25) is 0 Å². The quantitative estimate of drug-likeness (QED) is 0.821. The molecule has 0 spiro atoms. The van der Waals surface area contributed by atoms with Crippen LogP contribution in [0.1, 0.15) is 20.3 Å². The minimum absolute atomic E-state index is 0.202. The van der Waals surface area contributed by atoms with Crippen molar-refractivity contribution < 1.29 is 0 Å². The van der Waals surface area contributed by atoms with Crippen LogP contribution >= 0.6 is 0 Å². The number of H-pyrrole nitrogens is 1. The Hall–Kier alpha value is -2.11. The van der Waals surface area contributed by atoms with Gasteiger partial charge in [-0.25, -0.2) is 9.78 Å². The molecule has 0 aliphatic heterocycles. The van der Waals surface area contributed by atoms with E-state index in [2.05, 4.69) is 30.4 Å². The molecule has 19 heavy (non-hydrogen) atoms. The predicted molar refractivity (Wildman–Crippen MR) is 74.3 cm³/mol. The number of aromatic nitrogens is 4. The molecule has 0 radical (unpaired) electrons. The molecular formula is C13H18N4O2. The molecule has 6 heteroatoms. The highest BCUT2D eigenvalue weighted by Gasteiger charge is 2.15. The average molecular weight is 262 g/mol. The number of imidazole rings is 1. The summed E-state index contributed by atoms with van der Waals surface area (Å²) < 4.78 is 2.74. The van der Waals surface area contributed by atoms with E-state index in [1.54, 1.807) is 10.6 Å². The summed E-state index contributed by atoms with van der Waals surface area (Å²) in [6.45, 7) is 8.46. The van der Waals surface area contributed by atoms with E-state index in [1.807, 2.05) is 0 Å². The first kappa shape index (κ1) is 13.3. The molecule has 102 valence electrons. The maximum atomic E-state index is 12.4. The molecule has 2 aromatic rings. The van der Waals surface area contributed by atoms with Crippen molar-refractivity contribution in [3.05, 3.63) is 39.8 Å². The van der Waals surface area contributed by atoms with Crippen molar-refractivity contribution in [3.63, 3.8) is 0 Å². The van der Waals surface area contributed by atoms with Gasteiger partial charge >= 0.3 is 5.69 Å². The maximum Gasteiger partial charge on any atom is 0.333 e. The predicted octanol–water partition coefficient (Wildman–Crippen LogP) is 1.12. The SMILES string of the molecule is C=CCn1c(=O)c2[nH]cnc2n(CC(C)CC)c1=O. The van der Waals surface area contributed by atoms with Gasteiger partial charge in [-0.15, -0.1) is 6.58 Å². The molecule has 0 bridgehead atoms. The largest absolute Gasteiger partial charge is 0.339 e. The van der Waals surface area contributed by atoms with Gasteiger partial charge in [0, 0.05) is 13.1 Å². The molecule has 2 aromatic heterocycles. The van der Waals surface area contributed by atoms with Crippen molar-refractivity contribution in [2.45, 2.75) is 33.4 Å². The van der Waals surface area contributed by atoms with Crippen molar-refractivity contribution in [1.82, 2.24) is 19.1 Å². The molecule has 0 fully saturated rings. The van der Waals surface area contributed by atoms with E-state index >= 15 is 0 Å². The van der Waals surface area contributed by atoms with Crippen LogP contribution < -0.4 is 11.2 Å². The summed E-state index contributed by atoms with van der Waals surface area (Å²) in [6.07, 6.45) is 3.94. The Balaban J connectivity index is 2.73. The molecule has 0 aromatic carbocycles. The fraction of sp³-hybridized carbons (Fsp3) is 0.462. The molecule has 0 amide bonds. The van der Waals surface area contributed by atoms with Crippen molar-refractivity contribution in [1.29, 1.82) is 0 Å². The topological polar surface area (TPSA) is 72.7 Å². The second-order valence-corrected chi connectivity index (χ2v) is 4.71. The highest BCUT2D eigenvalue weighted by molar-refractivity contribution is 5.68. The lowest BCUT2D eigenvalue weighted by Gasteiger charge is -2.13. The van der Waals surface area contributed by atoms with Crippen molar-refractivity contribution >= 4 is 11.2 Å². The van der Waals surface area contributed by atoms with Crippen LogP contribution in [0.25, 0.3) is 11.2 Å². The molecule has 0 saturated heterocycles. The van der Waals surface area contributed by atoms with Gasteiger partial charge in [0.1, 0.15) is 5.52 Å². The number of nitrogens with one attached hydrogen (secondary N) is 1. The number of aromatic amines is 1. The van der Waals surface area contributed by atoms with Crippen LogP contribution in [0.5, 0.6) is 0 Å². The van der Waals surface area contributed by atoms with Crippen molar-refractivity contribution in [2.24, 2.45) is 5.92 Å². The molecule has 0 saturated carbocycles. The van der Waals surface area contributed by atoms with E-state index in [-0.39, 0.29) is 17.8 Å². The third-order valence-electron chi connectivity index (χ3n) is 3.30. The Morgan fingerprint density at radius 1 is 1.47 bits per heavy atom. The van der Waals surface area contributed by atoms with Gasteiger partial charge in [0.05, 0.1) is 6.33 Å². The third-order valence-corrected chi connectivity index (χ3v) is 3.30. The summed E-state index contributed by atoms with van der Waals surface area (Å²) in [5.74, 6) is 0.340. The number of nitrogens with zero attached hydrogens (tertiary/aromatic N) is 3. The Labute approximate surface area is 110 Å². The molecular weight excluding hydrogens is 244 g/mol. The normalized spacial score (nSPS) is 12.7. The van der Waals surface area contributed by atoms with Crippen molar-refractivity contribution in [3.8, 4) is 0 Å². The zero-order valence-corrected chi connectivity index (χ0v) is 11.2. The minimum atomic E-state index is -0.349. The molecule has 0 aliphatic rings. The number of fused-ring (bicyclic) bond motifs is 1. The lowest BCUT2D eigenvalue weighted by atomic mass is 10.1. The number of hydrogen-bond donors (Lipinski definition) is 1. The summed E-state index contributed by atoms with van der Waals surface area (Å²) in [5, 5.41) is 0. The molecule has 1 unspecified atom stereocenters. The lowest BCUT2D eigenvalue weighted by molar-refractivity contribution is 0.451. The highest BCUT2D eigenvalue weighted by Crippen LogP contribution is 2.07. The summed E-state index contributed by atoms with van der Waals surface area (Å²) in [7, 11) is 0. The van der Waals surface area contributed by atoms with Gasteiger partial charge in [-0.2, -0.15) is 0 Å². The first-order valence-electron chi connectivity index (χ1n) is 6.37. The van der Waals surface area contributed by atoms with E-state index in [4.69, 9.17) is 0 Å². The summed E-state index contributed by atoms with van der Waals surface area (Å²) in [5.41, 5.74) is 0.114. The summed E-state index contributed by atoms with van der Waals surface area (Å²) >= 11 is 0. The average Bonchev–Trinajstić information content (AvgIpc) is 2.88. The van der Waals surface area contributed by atoms with Crippen LogP contribution in [0, 0.1) is 5.92 Å². The number of hydrogen-bond acceptors (Lipinski definition) is 3. The van der Waals surface area contributed by atoms with Crippen LogP contribution in [0.15, 0.2) is 28.6 Å². The standard InChI is InChI=1S/C13H18N4O2/c1-4-6-16-12(18)10-11(15-8-14-10)17(13(16)19)7-9(3)5-2/h4,8-9H,1,5-7H2,2-3H3,(H,14,15). The first-order chi connectivity index (χ1) is 9.10. The molecule has 6 nitrogen and oxygen atoms in total. The third kappa shape index (κ3) is 2.25. The van der Waals surface area contributed by atoms with E-state index in [0.29, 0.717) is 23.6 Å². The minimum Gasteiger partial charge on any atom is -0.339 e. The Bertz CT molecular complexity index is 707. The molecule has 0 aliphatic carbocycles. The van der Waals surface area contributed by atoms with E-state index in [1.165, 1.54) is 10.9 Å². The number of rotatable bonds is 5. The molecule has 1 N–H and O–H groups in total. The molecule has 2 rings (SSSR count). The second kappa shape index (κ2) is 5.26. The highest BCUT2D eigenvalue weighted by atomic mass is 16.2. The lowest BCUT2D eigenvalue weighted by Crippen LogP contribution is -2.40. The fourth-order valence-electron chi connectivity index (χ4n) is 2.00. The van der Waals surface area contributed by atoms with Gasteiger partial charge in [-0.3, -0.25) is 13.9 Å². The van der Waals surface area contributed by atoms with Crippen LogP contribution in [0.4, 0.5) is 0 Å². The van der Waals surface area contributed by atoms with Gasteiger partial charge < -0.3 is 4.98 Å². The Morgan fingerprint density at radius 3 is 2.84 bits per heavy atom. The summed E-state index contributed by atoms with van der Waals surface area (Å²) in [4.78, 5) is 31.4. The fourth-order valence-corrected chi connectivity index (χ4v) is 2.00. The Morgan fingerprint density at radius 2 is 2.21 bits per heavy atom. The monoisotopic (exact) mass is 262 g/mol. The smallest absolute Gasteiger partial charge is 0.333 e. The first-order valence-corrected chi connectivity index (χ1v) is 6.37. The number of allylic oxidation sites excluding steroid dienone is 1. The second-order valence-electron chi connectivity index (χ2n) is 4.71. The van der Waals surface area contributed by atoms with E-state index < -0.39 is 0 Å². The zero-order chi connectivity index (χ0) is 14.0. The summed E-state index contributed by atoms with van der Waals surface area (Å²) in [6, 6.07) is 0. The Kier molecular flexibility index (Phi) is 3.69. The van der Waals surface area contributed by atoms with Gasteiger partial charge in [-0.1, -0.05) is 26.3 Å². The van der Waals surface area contributed by atoms with Crippen LogP contribution in [0.3, 0.4) is 0 Å². The molecule has 2 heterocycles. The van der Waals surface area contributed by atoms with Crippen LogP contribution in [-0.2, 0) is 13.1 Å². The van der Waals surface area contributed by atoms with Gasteiger partial charge in [0.15, 0.2) is 5.65 Å². The van der Waals surface area contributed by atoms with Gasteiger partial charge in [-0.05, 0) is 5.92 Å². The van der Waals surface area contributed by atoms with Crippen molar-refractivity contribution in [2.75, 3.05) is 0 Å². The maximum absolute atomic E-state index is 12.4. The molecule has 1 atom stereocenters. The van der Waals surface area contributed by atoms with E-state index in [0.717, 1.165) is 6.42 Å². The van der Waals surface area contributed by atoms with E-state index in [9.17, 15) is 9.59 Å². The zero-order valence-electron chi connectivity index (χ0n) is 11.2. The van der Waals surface area contributed by atoms with Gasteiger partial charge in [0.2, 0.25) is 0 Å². The van der Waals surface area contributed by atoms with Gasteiger partial charge in [0.25, 0.3) is 5.56 Å². The van der Waals surface area contributed by atoms with Crippen LogP contribution in [-0.4, -0.2) is 19.1 Å².